The summed E-state index contributed by atoms with van der Waals surface area (Å²) in [6.45, 7) is 4.90. The molecule has 1 saturated carbocycles. The molecule has 6 heteroatoms. The fourth-order valence-corrected chi connectivity index (χ4v) is 5.16. The molecule has 2 saturated heterocycles. The first-order valence-corrected chi connectivity index (χ1v) is 10.8. The van der Waals surface area contributed by atoms with Gasteiger partial charge in [-0.1, -0.05) is 6.07 Å². The first-order chi connectivity index (χ1) is 12.6. The molecule has 1 aromatic heterocycles. The Bertz CT molecular complexity index is 643. The third kappa shape index (κ3) is 4.46. The summed E-state index contributed by atoms with van der Waals surface area (Å²) < 4.78 is 0. The number of carbonyl (C=O) groups is 2. The molecule has 0 bridgehead atoms. The molecule has 1 atom stereocenters. The van der Waals surface area contributed by atoms with Crippen molar-refractivity contribution < 1.29 is 9.59 Å². The summed E-state index contributed by atoms with van der Waals surface area (Å²) in [5.74, 6) is 1.20. The molecule has 0 radical (unpaired) electrons. The first kappa shape index (κ1) is 18.0. The average molecular weight is 376 g/mol. The first-order valence-electron chi connectivity index (χ1n) is 9.91. The molecule has 2 aliphatic heterocycles. The van der Waals surface area contributed by atoms with Crippen LogP contribution < -0.4 is 5.32 Å². The standard InChI is InChI=1S/C20H29N3O2S/c24-18(21-11-17-3-1-10-26-17)13-22-9-2-7-20(14-22)8-6-19(25)23(15-20)12-16-4-5-16/h1,3,10,16H,2,4-9,11-15H2,(H,21,24)/t20-/m1/s1. The van der Waals surface area contributed by atoms with Gasteiger partial charge in [-0.05, 0) is 56.0 Å². The molecule has 3 fully saturated rings. The van der Waals surface area contributed by atoms with Crippen LogP contribution in [0, 0.1) is 11.3 Å². The molecule has 1 spiro atoms. The summed E-state index contributed by atoms with van der Waals surface area (Å²) in [6.07, 6.45) is 6.56. The number of amides is 2. The van der Waals surface area contributed by atoms with Crippen molar-refractivity contribution in [2.24, 2.45) is 11.3 Å². The Morgan fingerprint density at radius 1 is 1.31 bits per heavy atom. The van der Waals surface area contributed by atoms with Crippen LogP contribution >= 0.6 is 11.3 Å². The number of hydrogen-bond donors (Lipinski definition) is 1. The van der Waals surface area contributed by atoms with Crippen LogP contribution in [0.25, 0.3) is 0 Å². The monoisotopic (exact) mass is 375 g/mol. The molecule has 2 amide bonds. The Hall–Kier alpha value is -1.40. The van der Waals surface area contributed by atoms with Gasteiger partial charge in [0.2, 0.25) is 11.8 Å². The predicted molar refractivity (Wildman–Crippen MR) is 103 cm³/mol. The van der Waals surface area contributed by atoms with Crippen molar-refractivity contribution in [1.29, 1.82) is 0 Å². The van der Waals surface area contributed by atoms with Crippen molar-refractivity contribution in [3.63, 3.8) is 0 Å². The minimum Gasteiger partial charge on any atom is -0.350 e. The van der Waals surface area contributed by atoms with Gasteiger partial charge in [-0.15, -0.1) is 11.3 Å². The van der Waals surface area contributed by atoms with Crippen LogP contribution in [0.2, 0.25) is 0 Å². The summed E-state index contributed by atoms with van der Waals surface area (Å²) in [7, 11) is 0. The summed E-state index contributed by atoms with van der Waals surface area (Å²) in [5, 5.41) is 5.07. The van der Waals surface area contributed by atoms with E-state index < -0.39 is 0 Å². The fraction of sp³-hybridized carbons (Fsp3) is 0.700. The van der Waals surface area contributed by atoms with Gasteiger partial charge in [0.15, 0.2) is 0 Å². The van der Waals surface area contributed by atoms with Gasteiger partial charge in [-0.3, -0.25) is 14.5 Å². The van der Waals surface area contributed by atoms with E-state index in [2.05, 4.69) is 15.1 Å². The number of nitrogens with one attached hydrogen (secondary N) is 1. The van der Waals surface area contributed by atoms with E-state index in [1.54, 1.807) is 11.3 Å². The van der Waals surface area contributed by atoms with Crippen molar-refractivity contribution in [2.75, 3.05) is 32.7 Å². The lowest BCUT2D eigenvalue weighted by atomic mass is 9.73. The number of hydrogen-bond acceptors (Lipinski definition) is 4. The molecule has 26 heavy (non-hydrogen) atoms. The largest absolute Gasteiger partial charge is 0.350 e. The number of piperidine rings is 2. The van der Waals surface area contributed by atoms with Crippen LogP contribution in [0.1, 0.15) is 43.4 Å². The van der Waals surface area contributed by atoms with E-state index in [1.807, 2.05) is 17.5 Å². The molecule has 4 rings (SSSR count). The van der Waals surface area contributed by atoms with E-state index in [0.717, 1.165) is 44.9 Å². The van der Waals surface area contributed by atoms with Gasteiger partial charge in [0.25, 0.3) is 0 Å². The molecule has 1 N–H and O–H groups in total. The molecular weight excluding hydrogens is 346 g/mol. The van der Waals surface area contributed by atoms with E-state index in [4.69, 9.17) is 0 Å². The van der Waals surface area contributed by atoms with Gasteiger partial charge < -0.3 is 10.2 Å². The van der Waals surface area contributed by atoms with Crippen molar-refractivity contribution in [2.45, 2.75) is 45.1 Å². The Balaban J connectivity index is 1.30. The second-order valence-corrected chi connectivity index (χ2v) is 9.42. The zero-order valence-electron chi connectivity index (χ0n) is 15.4. The van der Waals surface area contributed by atoms with Crippen LogP contribution in [-0.4, -0.2) is 54.3 Å². The summed E-state index contributed by atoms with van der Waals surface area (Å²) in [4.78, 5) is 30.2. The van der Waals surface area contributed by atoms with Crippen molar-refractivity contribution in [3.05, 3.63) is 22.4 Å². The maximum Gasteiger partial charge on any atom is 0.234 e. The average Bonchev–Trinajstić information content (AvgIpc) is 3.28. The van der Waals surface area contributed by atoms with Crippen molar-refractivity contribution >= 4 is 23.2 Å². The maximum atomic E-state index is 12.3. The zero-order chi connectivity index (χ0) is 18.0. The lowest BCUT2D eigenvalue weighted by Gasteiger charge is -2.48. The predicted octanol–water partition coefficient (Wildman–Crippen LogP) is 2.48. The third-order valence-corrected chi connectivity index (χ3v) is 6.95. The minimum atomic E-state index is 0.108. The number of nitrogens with zero attached hydrogens (tertiary/aromatic N) is 2. The highest BCUT2D eigenvalue weighted by Gasteiger charge is 2.42. The van der Waals surface area contributed by atoms with Crippen molar-refractivity contribution in [3.8, 4) is 0 Å². The number of thiophene rings is 1. The van der Waals surface area contributed by atoms with Gasteiger partial charge in [0.1, 0.15) is 0 Å². The molecular formula is C20H29N3O2S. The second kappa shape index (κ2) is 7.69. The van der Waals surface area contributed by atoms with Gasteiger partial charge in [-0.2, -0.15) is 0 Å². The lowest BCUT2D eigenvalue weighted by molar-refractivity contribution is -0.140. The lowest BCUT2D eigenvalue weighted by Crippen LogP contribution is -2.55. The number of likely N-dealkylation sites (tertiary alicyclic amines) is 2. The van der Waals surface area contributed by atoms with Crippen LogP contribution in [0.5, 0.6) is 0 Å². The van der Waals surface area contributed by atoms with Crippen LogP contribution in [0.15, 0.2) is 17.5 Å². The van der Waals surface area contributed by atoms with Crippen LogP contribution in [0.4, 0.5) is 0 Å². The van der Waals surface area contributed by atoms with Crippen LogP contribution in [-0.2, 0) is 16.1 Å². The molecule has 0 unspecified atom stereocenters. The SMILES string of the molecule is O=C(CN1CCC[C@@]2(CCC(=O)N(CC3CC3)C2)C1)NCc1cccs1. The molecule has 3 heterocycles. The molecule has 0 aromatic carbocycles. The summed E-state index contributed by atoms with van der Waals surface area (Å²) in [5.41, 5.74) is 0.203. The number of carbonyl (C=O) groups excluding carboxylic acids is 2. The van der Waals surface area contributed by atoms with Gasteiger partial charge >= 0.3 is 0 Å². The highest BCUT2D eigenvalue weighted by Crippen LogP contribution is 2.40. The highest BCUT2D eigenvalue weighted by molar-refractivity contribution is 7.09. The Labute approximate surface area is 159 Å². The summed E-state index contributed by atoms with van der Waals surface area (Å²) in [6, 6.07) is 4.06. The van der Waals surface area contributed by atoms with E-state index in [0.29, 0.717) is 25.4 Å². The fourth-order valence-electron chi connectivity index (χ4n) is 4.52. The normalized spacial score (nSPS) is 27.1. The Morgan fingerprint density at radius 2 is 2.19 bits per heavy atom. The third-order valence-electron chi connectivity index (χ3n) is 6.07. The van der Waals surface area contributed by atoms with Gasteiger partial charge in [0, 0.05) is 36.3 Å². The highest BCUT2D eigenvalue weighted by atomic mass is 32.1. The van der Waals surface area contributed by atoms with E-state index >= 15 is 0 Å². The van der Waals surface area contributed by atoms with Gasteiger partial charge in [-0.25, -0.2) is 0 Å². The Kier molecular flexibility index (Phi) is 5.32. The maximum absolute atomic E-state index is 12.3. The van der Waals surface area contributed by atoms with E-state index in [-0.39, 0.29) is 11.3 Å². The Morgan fingerprint density at radius 3 is 2.96 bits per heavy atom. The van der Waals surface area contributed by atoms with Crippen molar-refractivity contribution in [1.82, 2.24) is 15.1 Å². The molecule has 1 aromatic rings. The number of rotatable bonds is 6. The van der Waals surface area contributed by atoms with Crippen LogP contribution in [0.3, 0.4) is 0 Å². The minimum absolute atomic E-state index is 0.108. The second-order valence-electron chi connectivity index (χ2n) is 8.39. The molecule has 5 nitrogen and oxygen atoms in total. The van der Waals surface area contributed by atoms with Gasteiger partial charge in [0.05, 0.1) is 13.1 Å². The molecule has 3 aliphatic rings. The summed E-state index contributed by atoms with van der Waals surface area (Å²) >= 11 is 1.67. The molecule has 142 valence electrons. The smallest absolute Gasteiger partial charge is 0.234 e. The van der Waals surface area contributed by atoms with E-state index in [9.17, 15) is 9.59 Å². The topological polar surface area (TPSA) is 52.7 Å². The zero-order valence-corrected chi connectivity index (χ0v) is 16.2. The quantitative estimate of drug-likeness (QED) is 0.831. The molecule has 1 aliphatic carbocycles. The van der Waals surface area contributed by atoms with E-state index in [1.165, 1.54) is 24.1 Å².